The van der Waals surface area contributed by atoms with E-state index in [4.69, 9.17) is 9.47 Å². The van der Waals surface area contributed by atoms with Crippen LogP contribution in [0.4, 0.5) is 0 Å². The minimum absolute atomic E-state index is 0. The van der Waals surface area contributed by atoms with Crippen LogP contribution in [0.3, 0.4) is 0 Å². The maximum atomic E-state index is 9.86. The number of nitrogens with zero attached hydrogens (tertiary/aromatic N) is 1. The Morgan fingerprint density at radius 3 is 3.00 bits per heavy atom. The van der Waals surface area contributed by atoms with Gasteiger partial charge in [-0.05, 0) is 50.4 Å². The summed E-state index contributed by atoms with van der Waals surface area (Å²) in [5, 5.41) is 9.86. The van der Waals surface area contributed by atoms with E-state index in [2.05, 4.69) is 11.8 Å². The molecule has 23 heavy (non-hydrogen) atoms. The average molecular weight is 340 g/mol. The van der Waals surface area contributed by atoms with E-state index in [9.17, 15) is 5.11 Å². The molecule has 3 aliphatic heterocycles. The van der Waals surface area contributed by atoms with Crippen molar-refractivity contribution in [3.05, 3.63) is 23.8 Å². The minimum atomic E-state index is 0. The molecule has 2 fully saturated rings. The number of halogens is 1. The maximum absolute atomic E-state index is 9.86. The summed E-state index contributed by atoms with van der Waals surface area (Å²) < 4.78 is 12.0. The number of ether oxygens (including phenoxy) is 2. The lowest BCUT2D eigenvalue weighted by atomic mass is 9.70. The van der Waals surface area contributed by atoms with E-state index in [0.717, 1.165) is 44.8 Å². The topological polar surface area (TPSA) is 41.9 Å². The molecule has 0 aromatic heterocycles. The van der Waals surface area contributed by atoms with Crippen LogP contribution in [0.15, 0.2) is 18.2 Å². The standard InChI is InChI=1S/C18H25NO3.ClH/c1-2-18-7-8-19(11-14-4-3-9-21-14)12-17(18)22-16-6-5-13(20)10-15(16)18;/h5-6,10,14,17,20H,2-4,7-9,11-12H2,1H3;1H/t14?,17-,18-;/m0./s1. The monoisotopic (exact) mass is 339 g/mol. The van der Waals surface area contributed by atoms with E-state index >= 15 is 0 Å². The van der Waals surface area contributed by atoms with E-state index in [1.165, 1.54) is 18.4 Å². The Hall–Kier alpha value is -0.970. The van der Waals surface area contributed by atoms with Crippen molar-refractivity contribution < 1.29 is 14.6 Å². The third kappa shape index (κ3) is 2.81. The van der Waals surface area contributed by atoms with Gasteiger partial charge < -0.3 is 14.6 Å². The van der Waals surface area contributed by atoms with Gasteiger partial charge in [0.2, 0.25) is 0 Å². The molecular weight excluding hydrogens is 314 g/mol. The molecule has 0 saturated carbocycles. The van der Waals surface area contributed by atoms with E-state index in [-0.39, 0.29) is 23.9 Å². The first-order valence-electron chi connectivity index (χ1n) is 8.55. The fourth-order valence-corrected chi connectivity index (χ4v) is 4.48. The molecular formula is C18H26ClNO3. The van der Waals surface area contributed by atoms with Gasteiger partial charge in [0.1, 0.15) is 17.6 Å². The van der Waals surface area contributed by atoms with Gasteiger partial charge in [-0.3, -0.25) is 4.90 Å². The Morgan fingerprint density at radius 2 is 2.26 bits per heavy atom. The van der Waals surface area contributed by atoms with Crippen LogP contribution in [0.5, 0.6) is 11.5 Å². The minimum Gasteiger partial charge on any atom is -0.508 e. The molecule has 3 atom stereocenters. The molecule has 0 radical (unpaired) electrons. The number of rotatable bonds is 3. The van der Waals surface area contributed by atoms with Crippen LogP contribution in [0.25, 0.3) is 0 Å². The van der Waals surface area contributed by atoms with Crippen molar-refractivity contribution in [3.8, 4) is 11.5 Å². The van der Waals surface area contributed by atoms with E-state index in [0.29, 0.717) is 11.9 Å². The van der Waals surface area contributed by atoms with Crippen molar-refractivity contribution in [2.24, 2.45) is 0 Å². The van der Waals surface area contributed by atoms with Crippen molar-refractivity contribution >= 4 is 12.4 Å². The molecule has 3 aliphatic rings. The summed E-state index contributed by atoms with van der Waals surface area (Å²) in [4.78, 5) is 2.50. The molecule has 1 aromatic rings. The Balaban J connectivity index is 0.00000156. The quantitative estimate of drug-likeness (QED) is 0.918. The number of phenolic OH excluding ortho intramolecular Hbond substituents is 1. The van der Waals surface area contributed by atoms with Crippen molar-refractivity contribution in [1.82, 2.24) is 4.90 Å². The molecule has 0 amide bonds. The third-order valence-corrected chi connectivity index (χ3v) is 5.80. The van der Waals surface area contributed by atoms with Crippen LogP contribution in [0, 0.1) is 0 Å². The lowest BCUT2D eigenvalue weighted by Gasteiger charge is -2.43. The third-order valence-electron chi connectivity index (χ3n) is 5.80. The summed E-state index contributed by atoms with van der Waals surface area (Å²) in [6, 6.07) is 5.56. The van der Waals surface area contributed by atoms with Crippen molar-refractivity contribution in [3.63, 3.8) is 0 Å². The van der Waals surface area contributed by atoms with E-state index < -0.39 is 0 Å². The van der Waals surface area contributed by atoms with Crippen LogP contribution in [0.2, 0.25) is 0 Å². The van der Waals surface area contributed by atoms with Crippen molar-refractivity contribution in [2.45, 2.75) is 50.2 Å². The zero-order valence-corrected chi connectivity index (χ0v) is 14.5. The Morgan fingerprint density at radius 1 is 1.39 bits per heavy atom. The fraction of sp³-hybridized carbons (Fsp3) is 0.667. The smallest absolute Gasteiger partial charge is 0.124 e. The highest BCUT2D eigenvalue weighted by atomic mass is 35.5. The molecule has 1 unspecified atom stereocenters. The Kier molecular flexibility index (Phi) is 4.77. The summed E-state index contributed by atoms with van der Waals surface area (Å²) in [6.45, 7) is 6.24. The van der Waals surface area contributed by atoms with Gasteiger partial charge in [-0.1, -0.05) is 6.92 Å². The molecule has 2 saturated heterocycles. The summed E-state index contributed by atoms with van der Waals surface area (Å²) in [5.41, 5.74) is 1.28. The number of likely N-dealkylation sites (tertiary alicyclic amines) is 1. The van der Waals surface area contributed by atoms with E-state index in [1.807, 2.05) is 12.1 Å². The largest absolute Gasteiger partial charge is 0.508 e. The number of hydrogen-bond acceptors (Lipinski definition) is 4. The highest BCUT2D eigenvalue weighted by molar-refractivity contribution is 5.85. The summed E-state index contributed by atoms with van der Waals surface area (Å²) in [6.07, 6.45) is 5.14. The number of aromatic hydroxyl groups is 1. The van der Waals surface area contributed by atoms with Gasteiger partial charge in [0.25, 0.3) is 0 Å². The van der Waals surface area contributed by atoms with Crippen molar-refractivity contribution in [1.29, 1.82) is 0 Å². The molecule has 5 heteroatoms. The van der Waals surface area contributed by atoms with Gasteiger partial charge in [-0.15, -0.1) is 12.4 Å². The first-order valence-corrected chi connectivity index (χ1v) is 8.55. The fourth-order valence-electron chi connectivity index (χ4n) is 4.48. The lowest BCUT2D eigenvalue weighted by Crippen LogP contribution is -2.54. The maximum Gasteiger partial charge on any atom is 0.124 e. The van der Waals surface area contributed by atoms with Crippen LogP contribution >= 0.6 is 12.4 Å². The lowest BCUT2D eigenvalue weighted by molar-refractivity contribution is 0.00917. The molecule has 0 spiro atoms. The van der Waals surface area contributed by atoms with E-state index in [1.54, 1.807) is 6.07 Å². The van der Waals surface area contributed by atoms with Gasteiger partial charge in [-0.2, -0.15) is 0 Å². The van der Waals surface area contributed by atoms with Gasteiger partial charge in [-0.25, -0.2) is 0 Å². The van der Waals surface area contributed by atoms with Gasteiger partial charge in [0.05, 0.1) is 6.10 Å². The van der Waals surface area contributed by atoms with Crippen LogP contribution in [-0.2, 0) is 10.2 Å². The van der Waals surface area contributed by atoms with Crippen molar-refractivity contribution in [2.75, 3.05) is 26.2 Å². The summed E-state index contributed by atoms with van der Waals surface area (Å²) >= 11 is 0. The van der Waals surface area contributed by atoms with Gasteiger partial charge in [0, 0.05) is 30.7 Å². The Bertz CT molecular complexity index is 561. The summed E-state index contributed by atoms with van der Waals surface area (Å²) in [5.74, 6) is 1.31. The molecule has 0 bridgehead atoms. The molecule has 1 N–H and O–H groups in total. The summed E-state index contributed by atoms with van der Waals surface area (Å²) in [7, 11) is 0. The number of hydrogen-bond donors (Lipinski definition) is 1. The Labute approximate surface area is 144 Å². The number of fused-ring (bicyclic) bond motifs is 3. The molecule has 128 valence electrons. The predicted octanol–water partition coefficient (Wildman–Crippen LogP) is 3.11. The molecule has 3 heterocycles. The molecule has 4 rings (SSSR count). The SMILES string of the molecule is CC[C@@]12CCN(CC3CCCO3)C[C@@H]1Oc1ccc(O)cc12.Cl. The number of piperidine rings is 1. The second-order valence-corrected chi connectivity index (χ2v) is 6.94. The highest BCUT2D eigenvalue weighted by Crippen LogP contribution is 2.50. The second-order valence-electron chi connectivity index (χ2n) is 6.94. The second kappa shape index (κ2) is 6.50. The first kappa shape index (κ1) is 16.9. The average Bonchev–Trinajstić information content (AvgIpc) is 3.13. The van der Waals surface area contributed by atoms with Gasteiger partial charge >= 0.3 is 0 Å². The molecule has 0 aliphatic carbocycles. The predicted molar refractivity (Wildman–Crippen MR) is 91.8 cm³/mol. The van der Waals surface area contributed by atoms with Crippen LogP contribution in [-0.4, -0.2) is 48.5 Å². The number of benzene rings is 1. The number of phenols is 1. The zero-order valence-electron chi connectivity index (χ0n) is 13.7. The first-order chi connectivity index (χ1) is 10.7. The molecule has 1 aromatic carbocycles. The van der Waals surface area contributed by atoms with Crippen LogP contribution in [0.1, 0.15) is 38.2 Å². The molecule has 4 nitrogen and oxygen atoms in total. The highest BCUT2D eigenvalue weighted by Gasteiger charge is 2.50. The van der Waals surface area contributed by atoms with Crippen LogP contribution < -0.4 is 4.74 Å². The van der Waals surface area contributed by atoms with Gasteiger partial charge in [0.15, 0.2) is 0 Å². The normalized spacial score (nSPS) is 32.7. The zero-order chi connectivity index (χ0) is 15.2.